The van der Waals surface area contributed by atoms with E-state index in [-0.39, 0.29) is 5.91 Å². The summed E-state index contributed by atoms with van der Waals surface area (Å²) in [6, 6.07) is 14.1. The number of carbonyl (C=O) groups is 1. The highest BCUT2D eigenvalue weighted by Gasteiger charge is 2.12. The number of methoxy groups -OCH3 is 1. The molecule has 0 bridgehead atoms. The van der Waals surface area contributed by atoms with Gasteiger partial charge in [0.1, 0.15) is 5.75 Å². The molecule has 0 saturated heterocycles. The number of amides is 1. The zero-order valence-corrected chi connectivity index (χ0v) is 19.0. The van der Waals surface area contributed by atoms with Gasteiger partial charge in [-0.2, -0.15) is 0 Å². The lowest BCUT2D eigenvalue weighted by molar-refractivity contribution is -0.113. The van der Waals surface area contributed by atoms with Crippen molar-refractivity contribution < 1.29 is 9.53 Å². The molecule has 5 nitrogen and oxygen atoms in total. The summed E-state index contributed by atoms with van der Waals surface area (Å²) in [5.74, 6) is 1.96. The molecule has 8 heteroatoms. The minimum absolute atomic E-state index is 0.0263. The topological polar surface area (TPSA) is 64.1 Å². The smallest absolute Gasteiger partial charge is 0.234 e. The van der Waals surface area contributed by atoms with Crippen LogP contribution in [0, 0.1) is 6.92 Å². The molecule has 0 aliphatic heterocycles. The third kappa shape index (κ3) is 6.22. The number of anilines is 1. The van der Waals surface area contributed by atoms with Crippen LogP contribution >= 0.6 is 34.9 Å². The Morgan fingerprint density at radius 1 is 1.10 bits per heavy atom. The molecule has 0 aliphatic carbocycles. The van der Waals surface area contributed by atoms with E-state index in [9.17, 15) is 4.79 Å². The van der Waals surface area contributed by atoms with Crippen LogP contribution in [0.15, 0.2) is 51.1 Å². The molecular weight excluding hydrogens is 422 g/mol. The third-order valence-electron chi connectivity index (χ3n) is 4.24. The Bertz CT molecular complexity index is 958. The molecule has 0 fully saturated rings. The summed E-state index contributed by atoms with van der Waals surface area (Å²) in [5, 5.41) is 11.5. The number of carbonyl (C=O) groups excluding carboxylic acids is 1. The van der Waals surface area contributed by atoms with Gasteiger partial charge < -0.3 is 10.1 Å². The molecule has 1 N–H and O–H groups in total. The lowest BCUT2D eigenvalue weighted by atomic mass is 10.1. The molecule has 3 rings (SSSR count). The number of nitrogens with zero attached hydrogens (tertiary/aromatic N) is 2. The minimum Gasteiger partial charge on any atom is -0.497 e. The Labute approximate surface area is 183 Å². The molecule has 0 unspecified atom stereocenters. The van der Waals surface area contributed by atoms with Crippen molar-refractivity contribution in [2.24, 2.45) is 0 Å². The summed E-state index contributed by atoms with van der Waals surface area (Å²) in [7, 11) is 1.66. The summed E-state index contributed by atoms with van der Waals surface area (Å²) >= 11 is 4.58. The zero-order valence-electron chi connectivity index (χ0n) is 16.6. The summed E-state index contributed by atoms with van der Waals surface area (Å²) < 4.78 is 6.88. The lowest BCUT2D eigenvalue weighted by Gasteiger charge is -2.12. The Balaban J connectivity index is 1.49. The highest BCUT2D eigenvalue weighted by atomic mass is 32.2. The number of nitrogens with one attached hydrogen (secondary N) is 1. The van der Waals surface area contributed by atoms with Gasteiger partial charge in [-0.15, -0.1) is 10.2 Å². The molecular formula is C21H23N3O2S3. The quantitative estimate of drug-likeness (QED) is 0.443. The molecule has 1 amide bonds. The monoisotopic (exact) mass is 445 g/mol. The van der Waals surface area contributed by atoms with Gasteiger partial charge in [-0.3, -0.25) is 4.79 Å². The fourth-order valence-electron chi connectivity index (χ4n) is 2.69. The van der Waals surface area contributed by atoms with Gasteiger partial charge in [0, 0.05) is 11.4 Å². The highest BCUT2D eigenvalue weighted by Crippen LogP contribution is 2.31. The van der Waals surface area contributed by atoms with E-state index in [0.29, 0.717) is 5.75 Å². The van der Waals surface area contributed by atoms with E-state index in [2.05, 4.69) is 22.4 Å². The number of ether oxygens (including phenoxy) is 1. The van der Waals surface area contributed by atoms with Gasteiger partial charge in [0.2, 0.25) is 5.91 Å². The van der Waals surface area contributed by atoms with E-state index >= 15 is 0 Å². The summed E-state index contributed by atoms with van der Waals surface area (Å²) in [6.45, 7) is 4.10. The van der Waals surface area contributed by atoms with Crippen molar-refractivity contribution in [3.63, 3.8) is 0 Å². The normalized spacial score (nSPS) is 10.7. The van der Waals surface area contributed by atoms with Crippen LogP contribution in [0.1, 0.15) is 23.6 Å². The number of hydrogen-bond donors (Lipinski definition) is 1. The van der Waals surface area contributed by atoms with Crippen LogP contribution in [0.4, 0.5) is 5.69 Å². The molecule has 1 aromatic heterocycles. The molecule has 2 aromatic carbocycles. The molecule has 29 heavy (non-hydrogen) atoms. The van der Waals surface area contributed by atoms with E-state index in [1.807, 2.05) is 49.4 Å². The van der Waals surface area contributed by atoms with E-state index in [1.54, 1.807) is 18.9 Å². The van der Waals surface area contributed by atoms with Gasteiger partial charge in [-0.05, 0) is 42.2 Å². The molecule has 3 aromatic rings. The molecule has 0 spiro atoms. The molecule has 152 valence electrons. The van der Waals surface area contributed by atoms with Crippen LogP contribution in [-0.2, 0) is 17.0 Å². The Morgan fingerprint density at radius 3 is 2.52 bits per heavy atom. The number of aryl methyl sites for hydroxylation is 2. The van der Waals surface area contributed by atoms with Gasteiger partial charge in [0.25, 0.3) is 0 Å². The predicted molar refractivity (Wildman–Crippen MR) is 122 cm³/mol. The average molecular weight is 446 g/mol. The maximum Gasteiger partial charge on any atom is 0.234 e. The number of aromatic nitrogens is 2. The van der Waals surface area contributed by atoms with Crippen LogP contribution in [0.25, 0.3) is 0 Å². The van der Waals surface area contributed by atoms with Crippen molar-refractivity contribution in [3.05, 3.63) is 59.2 Å². The third-order valence-corrected chi connectivity index (χ3v) is 7.50. The predicted octanol–water partition coefficient (Wildman–Crippen LogP) is 5.44. The number of hydrogen-bond acceptors (Lipinski definition) is 7. The average Bonchev–Trinajstić information content (AvgIpc) is 3.20. The number of rotatable bonds is 9. The number of benzene rings is 2. The maximum atomic E-state index is 12.4. The Kier molecular flexibility index (Phi) is 7.97. The highest BCUT2D eigenvalue weighted by molar-refractivity contribution is 8.03. The fourth-order valence-corrected chi connectivity index (χ4v) is 5.46. The van der Waals surface area contributed by atoms with Gasteiger partial charge in [-0.25, -0.2) is 0 Å². The van der Waals surface area contributed by atoms with E-state index in [0.717, 1.165) is 43.4 Å². The van der Waals surface area contributed by atoms with Crippen LogP contribution in [-0.4, -0.2) is 29.0 Å². The van der Waals surface area contributed by atoms with Crippen LogP contribution in [0.2, 0.25) is 0 Å². The standard InChI is InChI=1S/C21H23N3O2S3/c1-4-16-7-5-6-14(2)19(16)22-18(25)13-28-21-24-23-20(29-21)27-12-15-8-10-17(26-3)11-9-15/h5-11H,4,12-13H2,1-3H3,(H,22,25). The molecule has 0 aliphatic rings. The van der Waals surface area contributed by atoms with Crippen LogP contribution < -0.4 is 10.1 Å². The van der Waals surface area contributed by atoms with Crippen molar-refractivity contribution in [2.45, 2.75) is 34.7 Å². The number of thioether (sulfide) groups is 2. The maximum absolute atomic E-state index is 12.4. The van der Waals surface area contributed by atoms with Gasteiger partial charge in [-0.1, -0.05) is 72.1 Å². The van der Waals surface area contributed by atoms with E-state index in [1.165, 1.54) is 28.7 Å². The van der Waals surface area contributed by atoms with Gasteiger partial charge in [0.05, 0.1) is 12.9 Å². The van der Waals surface area contributed by atoms with Gasteiger partial charge in [0.15, 0.2) is 8.68 Å². The minimum atomic E-state index is -0.0263. The fraction of sp³-hybridized carbons (Fsp3) is 0.286. The molecule has 0 atom stereocenters. The lowest BCUT2D eigenvalue weighted by Crippen LogP contribution is -2.16. The van der Waals surface area contributed by atoms with Crippen molar-refractivity contribution in [1.29, 1.82) is 0 Å². The Hall–Kier alpha value is -2.03. The first-order chi connectivity index (χ1) is 14.1. The van der Waals surface area contributed by atoms with Crippen molar-refractivity contribution >= 4 is 46.5 Å². The van der Waals surface area contributed by atoms with E-state index in [4.69, 9.17) is 4.74 Å². The second kappa shape index (κ2) is 10.7. The molecule has 0 radical (unpaired) electrons. The van der Waals surface area contributed by atoms with Crippen molar-refractivity contribution in [3.8, 4) is 5.75 Å². The summed E-state index contributed by atoms with van der Waals surface area (Å²) in [5.41, 5.74) is 4.35. The van der Waals surface area contributed by atoms with Crippen LogP contribution in [0.3, 0.4) is 0 Å². The SMILES string of the molecule is CCc1cccc(C)c1NC(=O)CSc1nnc(SCc2ccc(OC)cc2)s1. The molecule has 1 heterocycles. The first-order valence-electron chi connectivity index (χ1n) is 9.19. The van der Waals surface area contributed by atoms with Crippen molar-refractivity contribution in [2.75, 3.05) is 18.2 Å². The second-order valence-electron chi connectivity index (χ2n) is 6.27. The number of para-hydroxylation sites is 1. The summed E-state index contributed by atoms with van der Waals surface area (Å²) in [6.07, 6.45) is 0.885. The second-order valence-corrected chi connectivity index (χ2v) is 9.69. The zero-order chi connectivity index (χ0) is 20.6. The molecule has 0 saturated carbocycles. The first-order valence-corrected chi connectivity index (χ1v) is 12.0. The van der Waals surface area contributed by atoms with Crippen LogP contribution in [0.5, 0.6) is 5.75 Å². The first kappa shape index (κ1) is 21.7. The Morgan fingerprint density at radius 2 is 1.83 bits per heavy atom. The largest absolute Gasteiger partial charge is 0.497 e. The summed E-state index contributed by atoms with van der Waals surface area (Å²) in [4.78, 5) is 12.4. The van der Waals surface area contributed by atoms with E-state index < -0.39 is 0 Å². The van der Waals surface area contributed by atoms with Crippen molar-refractivity contribution in [1.82, 2.24) is 10.2 Å². The van der Waals surface area contributed by atoms with Gasteiger partial charge >= 0.3 is 0 Å².